The normalized spacial score (nSPS) is 9.78. The second-order valence-electron chi connectivity index (χ2n) is 1.04. The van der Waals surface area contributed by atoms with E-state index in [2.05, 4.69) is 4.74 Å². The van der Waals surface area contributed by atoms with Crippen LogP contribution in [0.25, 0.3) is 0 Å². The summed E-state index contributed by atoms with van der Waals surface area (Å²) in [5.74, 6) is -1.35. The topological polar surface area (TPSA) is 26.3 Å². The van der Waals surface area contributed by atoms with Gasteiger partial charge in [-0.3, -0.25) is 4.79 Å². The molecule has 0 spiro atoms. The summed E-state index contributed by atoms with van der Waals surface area (Å²) in [6.07, 6.45) is -4.83. The second kappa shape index (κ2) is 4.14. The molecule has 0 N–H and O–H groups in total. The Labute approximate surface area is 73.1 Å². The third kappa shape index (κ3) is 11.7. The average molecular weight is 152 g/mol. The molecule has 9 heavy (non-hydrogen) atoms. The maximum absolute atomic E-state index is 10.9. The number of rotatable bonds is 0. The van der Waals surface area contributed by atoms with Crippen molar-refractivity contribution in [2.75, 3.05) is 0 Å². The van der Waals surface area contributed by atoms with Gasteiger partial charge in [-0.15, -0.1) is 13.2 Å². The summed E-state index contributed by atoms with van der Waals surface area (Å²) in [5, 5.41) is 0. The first-order chi connectivity index (χ1) is 3.42. The van der Waals surface area contributed by atoms with Crippen LogP contribution in [-0.4, -0.2) is 12.3 Å². The number of carbonyl (C=O) groups excluding carboxylic acids is 1. The van der Waals surface area contributed by atoms with E-state index in [1.165, 1.54) is 0 Å². The molecule has 0 radical (unpaired) electrons. The summed E-state index contributed by atoms with van der Waals surface area (Å²) >= 11 is 0. The molecule has 0 rings (SSSR count). The monoisotopic (exact) mass is 152 g/mol. The molecule has 0 saturated carbocycles. The van der Waals surface area contributed by atoms with Crippen LogP contribution in [0, 0.1) is 0 Å². The van der Waals surface area contributed by atoms with Gasteiger partial charge in [0, 0.05) is 6.92 Å². The molecule has 0 aliphatic rings. The van der Waals surface area contributed by atoms with Crippen LogP contribution < -0.4 is 29.6 Å². The van der Waals surface area contributed by atoms with Crippen LogP contribution in [0.5, 0.6) is 0 Å². The van der Waals surface area contributed by atoms with Gasteiger partial charge in [-0.1, -0.05) is 0 Å². The first kappa shape index (κ1) is 12.0. The molecule has 0 aromatic carbocycles. The first-order valence-electron chi connectivity index (χ1n) is 1.68. The van der Waals surface area contributed by atoms with Crippen molar-refractivity contribution in [1.82, 2.24) is 0 Å². The summed E-state index contributed by atoms with van der Waals surface area (Å²) in [6.45, 7) is 0.688. The zero-order valence-electron chi connectivity index (χ0n) is 5.95. The van der Waals surface area contributed by atoms with E-state index in [-0.39, 0.29) is 31.0 Å². The van der Waals surface area contributed by atoms with E-state index in [9.17, 15) is 18.0 Å². The summed E-state index contributed by atoms with van der Waals surface area (Å²) in [7, 11) is 0. The van der Waals surface area contributed by atoms with Crippen molar-refractivity contribution in [1.29, 1.82) is 0 Å². The van der Waals surface area contributed by atoms with Crippen LogP contribution in [0.15, 0.2) is 0 Å². The van der Waals surface area contributed by atoms with Crippen molar-refractivity contribution in [3.8, 4) is 0 Å². The van der Waals surface area contributed by atoms with Gasteiger partial charge in [-0.2, -0.15) is 0 Å². The van der Waals surface area contributed by atoms with Gasteiger partial charge in [0.15, 0.2) is 0 Å². The molecule has 0 bridgehead atoms. The van der Waals surface area contributed by atoms with E-state index in [1.807, 2.05) is 0 Å². The minimum atomic E-state index is -4.83. The van der Waals surface area contributed by atoms with E-state index in [0.717, 1.165) is 0 Å². The number of hydrogen-bond donors (Lipinski definition) is 0. The van der Waals surface area contributed by atoms with Crippen molar-refractivity contribution in [3.05, 3.63) is 0 Å². The Morgan fingerprint density at radius 2 is 1.89 bits per heavy atom. The fourth-order valence-electron chi connectivity index (χ4n) is 0.163. The molecule has 0 fully saturated rings. The van der Waals surface area contributed by atoms with Crippen LogP contribution in [0.1, 0.15) is 8.35 Å². The summed E-state index contributed by atoms with van der Waals surface area (Å²) in [6, 6.07) is 0. The van der Waals surface area contributed by atoms with E-state index in [0.29, 0.717) is 6.92 Å². The van der Waals surface area contributed by atoms with Gasteiger partial charge in [-0.05, 0) is 0 Å². The Kier molecular flexibility index (Phi) is 5.51. The second-order valence-corrected chi connectivity index (χ2v) is 1.04. The van der Waals surface area contributed by atoms with Gasteiger partial charge in [0.25, 0.3) is 0 Å². The molecule has 0 aromatic heterocycles. The molecule has 0 saturated heterocycles. The number of halogens is 3. The molecule has 50 valence electrons. The number of ether oxygens (including phenoxy) is 1. The van der Waals surface area contributed by atoms with E-state index in [4.69, 9.17) is 0 Å². The Morgan fingerprint density at radius 1 is 1.56 bits per heavy atom. The van der Waals surface area contributed by atoms with Crippen molar-refractivity contribution in [3.63, 3.8) is 0 Å². The Hall–Kier alpha value is 0.260. The fraction of sp³-hybridized carbons (Fsp3) is 0.667. The van der Waals surface area contributed by atoms with Crippen LogP contribution >= 0.6 is 0 Å². The number of carbonyl (C=O) groups is 1. The third-order valence-corrected chi connectivity index (χ3v) is 0.259. The largest absolute Gasteiger partial charge is 1.00 e. The molecule has 0 amide bonds. The zero-order valence-corrected chi connectivity index (χ0v) is 6.95. The maximum atomic E-state index is 10.9. The number of alkyl halides is 3. The van der Waals surface area contributed by atoms with E-state index < -0.39 is 12.3 Å². The molecule has 0 unspecified atom stereocenters. The molecular weight excluding hydrogens is 148 g/mol. The molecule has 0 aromatic rings. The molecule has 0 heterocycles. The predicted molar refractivity (Wildman–Crippen MR) is 18.9 cm³/mol. The Morgan fingerprint density at radius 3 is 1.89 bits per heavy atom. The summed E-state index contributed by atoms with van der Waals surface area (Å²) < 4.78 is 35.4. The van der Waals surface area contributed by atoms with Gasteiger partial charge in [-0.25, -0.2) is 0 Å². The summed E-state index contributed by atoms with van der Waals surface area (Å²) in [4.78, 5) is 9.52. The third-order valence-electron chi connectivity index (χ3n) is 0.259. The van der Waals surface area contributed by atoms with Gasteiger partial charge < -0.3 is 6.16 Å². The number of esters is 1. The predicted octanol–water partition coefficient (Wildman–Crippen LogP) is -1.81. The minimum absolute atomic E-state index is 0. The minimum Gasteiger partial charge on any atom is -1.00 e. The van der Waals surface area contributed by atoms with Gasteiger partial charge in [0.05, 0.1) is 0 Å². The van der Waals surface area contributed by atoms with Crippen LogP contribution in [0.2, 0.25) is 0 Å². The Bertz CT molecular complexity index is 104. The molecule has 2 nitrogen and oxygen atoms in total. The standard InChI is InChI=1S/C3H3F3O2.Na.H/c1-2(7)8-3(4,5)6;;/h1H3;;/q;+1;-1. The van der Waals surface area contributed by atoms with Crippen molar-refractivity contribution >= 4 is 5.97 Å². The smallest absolute Gasteiger partial charge is 1.00 e. The van der Waals surface area contributed by atoms with Crippen molar-refractivity contribution in [2.24, 2.45) is 0 Å². The molecule has 0 aliphatic carbocycles. The van der Waals surface area contributed by atoms with Gasteiger partial charge in [0.2, 0.25) is 0 Å². The van der Waals surface area contributed by atoms with Crippen molar-refractivity contribution < 1.29 is 53.7 Å². The van der Waals surface area contributed by atoms with Crippen molar-refractivity contribution in [2.45, 2.75) is 13.3 Å². The maximum Gasteiger partial charge on any atom is 1.00 e. The first-order valence-corrected chi connectivity index (χ1v) is 1.68. The van der Waals surface area contributed by atoms with Crippen LogP contribution in [0.4, 0.5) is 13.2 Å². The number of hydrogen-bond acceptors (Lipinski definition) is 2. The Balaban J connectivity index is -0.000000245. The fourth-order valence-corrected chi connectivity index (χ4v) is 0.163. The SMILES string of the molecule is CC(=O)OC(F)(F)F.[H-].[Na+]. The van der Waals surface area contributed by atoms with E-state index in [1.54, 1.807) is 0 Å². The van der Waals surface area contributed by atoms with Gasteiger partial charge >= 0.3 is 41.9 Å². The quantitative estimate of drug-likeness (QED) is 0.302. The van der Waals surface area contributed by atoms with Crippen LogP contribution in [-0.2, 0) is 9.53 Å². The molecule has 0 aliphatic heterocycles. The molecular formula is C3H4F3NaO2. The average Bonchev–Trinajstić information content (AvgIpc) is 1.21. The molecule has 0 atom stereocenters. The van der Waals surface area contributed by atoms with Gasteiger partial charge in [0.1, 0.15) is 0 Å². The van der Waals surface area contributed by atoms with Crippen LogP contribution in [0.3, 0.4) is 0 Å². The zero-order chi connectivity index (χ0) is 6.78. The molecule has 6 heteroatoms. The summed E-state index contributed by atoms with van der Waals surface area (Å²) in [5.41, 5.74) is 0. The van der Waals surface area contributed by atoms with E-state index >= 15 is 0 Å².